The normalized spacial score (nSPS) is 10.5. The molecule has 1 amide bonds. The lowest BCUT2D eigenvalue weighted by molar-refractivity contribution is 0.192. The van der Waals surface area contributed by atoms with Gasteiger partial charge in [0.1, 0.15) is 18.1 Å². The molecule has 6 nitrogen and oxygen atoms in total. The second kappa shape index (κ2) is 7.64. The maximum Gasteiger partial charge on any atom is 0.405 e. The molecule has 0 fully saturated rings. The Bertz CT molecular complexity index is 910. The molecule has 1 heterocycles. The maximum atomic E-state index is 13.2. The third-order valence-electron chi connectivity index (χ3n) is 3.51. The first kappa shape index (κ1) is 17.4. The van der Waals surface area contributed by atoms with E-state index in [4.69, 9.17) is 14.4 Å². The highest BCUT2D eigenvalue weighted by Gasteiger charge is 2.08. The second-order valence-electron chi connectivity index (χ2n) is 5.40. The van der Waals surface area contributed by atoms with Crippen molar-refractivity contribution < 1.29 is 27.9 Å². The van der Waals surface area contributed by atoms with E-state index in [1.807, 2.05) is 0 Å². The molecule has 0 radical (unpaired) electrons. The predicted octanol–water partition coefficient (Wildman–Crippen LogP) is 3.97. The van der Waals surface area contributed by atoms with Crippen LogP contribution in [-0.2, 0) is 13.2 Å². The van der Waals surface area contributed by atoms with Crippen LogP contribution < -0.4 is 10.1 Å². The third-order valence-corrected chi connectivity index (χ3v) is 3.51. The highest BCUT2D eigenvalue weighted by atomic mass is 19.2. The number of halogens is 2. The van der Waals surface area contributed by atoms with Crippen LogP contribution in [0.15, 0.2) is 53.1 Å². The molecule has 0 aliphatic rings. The monoisotopic (exact) mass is 360 g/mol. The molecule has 0 spiro atoms. The van der Waals surface area contributed by atoms with Gasteiger partial charge in [0.05, 0.1) is 6.54 Å². The molecule has 26 heavy (non-hydrogen) atoms. The van der Waals surface area contributed by atoms with Gasteiger partial charge in [0.25, 0.3) is 0 Å². The van der Waals surface area contributed by atoms with Crippen LogP contribution >= 0.6 is 0 Å². The fourth-order valence-corrected chi connectivity index (χ4v) is 2.21. The summed E-state index contributed by atoms with van der Waals surface area (Å²) in [6.07, 6.45) is -1.15. The topological polar surface area (TPSA) is 84.6 Å². The summed E-state index contributed by atoms with van der Waals surface area (Å²) < 4.78 is 36.7. The van der Waals surface area contributed by atoms with Gasteiger partial charge in [-0.25, -0.2) is 13.6 Å². The van der Waals surface area contributed by atoms with E-state index in [2.05, 4.69) is 10.5 Å². The van der Waals surface area contributed by atoms with Crippen molar-refractivity contribution in [1.29, 1.82) is 0 Å². The zero-order valence-corrected chi connectivity index (χ0v) is 13.4. The van der Waals surface area contributed by atoms with E-state index in [1.165, 1.54) is 6.07 Å². The van der Waals surface area contributed by atoms with E-state index < -0.39 is 17.7 Å². The molecule has 1 aromatic heterocycles. The van der Waals surface area contributed by atoms with Crippen molar-refractivity contribution in [1.82, 2.24) is 10.5 Å². The van der Waals surface area contributed by atoms with Gasteiger partial charge in [0.15, 0.2) is 17.4 Å². The smallest absolute Gasteiger partial charge is 0.405 e. The molecule has 2 N–H and O–H groups in total. The largest absolute Gasteiger partial charge is 0.489 e. The number of hydrogen-bond acceptors (Lipinski definition) is 4. The summed E-state index contributed by atoms with van der Waals surface area (Å²) in [6, 6.07) is 12.2. The Morgan fingerprint density at radius 3 is 2.58 bits per heavy atom. The summed E-state index contributed by atoms with van der Waals surface area (Å²) in [5.74, 6) is -0.875. The van der Waals surface area contributed by atoms with Gasteiger partial charge in [-0.1, -0.05) is 11.2 Å². The van der Waals surface area contributed by atoms with Crippen LogP contribution in [0.4, 0.5) is 13.6 Å². The lowest BCUT2D eigenvalue weighted by Crippen LogP contribution is -2.19. The van der Waals surface area contributed by atoms with Crippen LogP contribution in [0.25, 0.3) is 11.3 Å². The Morgan fingerprint density at radius 2 is 1.88 bits per heavy atom. The number of benzene rings is 2. The first-order valence-corrected chi connectivity index (χ1v) is 7.61. The molecular weight excluding hydrogens is 346 g/mol. The van der Waals surface area contributed by atoms with Crippen molar-refractivity contribution in [2.75, 3.05) is 0 Å². The quantitative estimate of drug-likeness (QED) is 0.695. The Balaban J connectivity index is 1.61. The summed E-state index contributed by atoms with van der Waals surface area (Å²) in [6.45, 7) is 0.128. The number of hydrogen-bond donors (Lipinski definition) is 2. The van der Waals surface area contributed by atoms with Crippen molar-refractivity contribution >= 4 is 6.09 Å². The standard InChI is InChI=1S/C18H14F2N2O4/c19-15-6-1-11(7-16(15)20)10-25-13-4-2-12(3-5-13)17-8-14(26-22-17)9-21-18(23)24/h1-8,21H,9-10H2,(H,23,24). The number of carbonyl (C=O) groups is 1. The average Bonchev–Trinajstić information content (AvgIpc) is 3.10. The molecule has 2 aromatic carbocycles. The van der Waals surface area contributed by atoms with Crippen molar-refractivity contribution in [2.45, 2.75) is 13.2 Å². The highest BCUT2D eigenvalue weighted by molar-refractivity contribution is 5.64. The van der Waals surface area contributed by atoms with Gasteiger partial charge in [-0.05, 0) is 42.0 Å². The molecule has 0 saturated carbocycles. The number of amides is 1. The molecule has 0 atom stereocenters. The van der Waals surface area contributed by atoms with Crippen molar-refractivity contribution in [3.63, 3.8) is 0 Å². The van der Waals surface area contributed by atoms with Crippen molar-refractivity contribution in [3.8, 4) is 17.0 Å². The first-order chi connectivity index (χ1) is 12.5. The van der Waals surface area contributed by atoms with E-state index in [9.17, 15) is 13.6 Å². The Labute approximate surface area is 147 Å². The lowest BCUT2D eigenvalue weighted by Gasteiger charge is -2.07. The molecule has 0 aliphatic carbocycles. The van der Waals surface area contributed by atoms with E-state index in [1.54, 1.807) is 30.3 Å². The van der Waals surface area contributed by atoms with Crippen LogP contribution in [0.3, 0.4) is 0 Å². The van der Waals surface area contributed by atoms with Crippen molar-refractivity contribution in [3.05, 3.63) is 71.5 Å². The summed E-state index contributed by atoms with van der Waals surface area (Å²) >= 11 is 0. The lowest BCUT2D eigenvalue weighted by atomic mass is 10.1. The molecule has 0 bridgehead atoms. The highest BCUT2D eigenvalue weighted by Crippen LogP contribution is 2.23. The number of aromatic nitrogens is 1. The minimum atomic E-state index is -1.15. The van der Waals surface area contributed by atoms with Gasteiger partial charge in [-0.3, -0.25) is 0 Å². The van der Waals surface area contributed by atoms with Crippen LogP contribution in [0.2, 0.25) is 0 Å². The van der Waals surface area contributed by atoms with Crippen molar-refractivity contribution in [2.24, 2.45) is 0 Å². The maximum absolute atomic E-state index is 13.2. The van der Waals surface area contributed by atoms with Gasteiger partial charge in [0, 0.05) is 11.6 Å². The van der Waals surface area contributed by atoms with E-state index >= 15 is 0 Å². The zero-order chi connectivity index (χ0) is 18.5. The number of rotatable bonds is 6. The molecule has 8 heteroatoms. The second-order valence-corrected chi connectivity index (χ2v) is 5.40. The van der Waals surface area contributed by atoms with Crippen LogP contribution in [0, 0.1) is 11.6 Å². The van der Waals surface area contributed by atoms with Gasteiger partial charge in [-0.2, -0.15) is 0 Å². The van der Waals surface area contributed by atoms with Crippen LogP contribution in [0.5, 0.6) is 5.75 Å². The Kier molecular flexibility index (Phi) is 5.12. The summed E-state index contributed by atoms with van der Waals surface area (Å²) in [5, 5.41) is 14.6. The van der Waals surface area contributed by atoms with Crippen LogP contribution in [-0.4, -0.2) is 16.4 Å². The molecular formula is C18H14F2N2O4. The predicted molar refractivity (Wildman–Crippen MR) is 87.5 cm³/mol. The fraction of sp³-hybridized carbons (Fsp3) is 0.111. The molecule has 0 aliphatic heterocycles. The number of ether oxygens (including phenoxy) is 1. The fourth-order valence-electron chi connectivity index (χ4n) is 2.21. The zero-order valence-electron chi connectivity index (χ0n) is 13.4. The minimum absolute atomic E-state index is 0.0256. The van der Waals surface area contributed by atoms with Gasteiger partial charge in [0.2, 0.25) is 0 Å². The molecule has 0 saturated heterocycles. The van der Waals surface area contributed by atoms with Crippen LogP contribution in [0.1, 0.15) is 11.3 Å². The number of nitrogens with zero attached hydrogens (tertiary/aromatic N) is 1. The Morgan fingerprint density at radius 1 is 1.12 bits per heavy atom. The van der Waals surface area contributed by atoms with Gasteiger partial charge in [-0.15, -0.1) is 0 Å². The van der Waals surface area contributed by atoms with E-state index in [0.29, 0.717) is 22.8 Å². The van der Waals surface area contributed by atoms with E-state index in [0.717, 1.165) is 17.7 Å². The number of nitrogens with one attached hydrogen (secondary N) is 1. The molecule has 0 unspecified atom stereocenters. The molecule has 134 valence electrons. The average molecular weight is 360 g/mol. The van der Waals surface area contributed by atoms with Gasteiger partial charge < -0.3 is 19.7 Å². The third kappa shape index (κ3) is 4.35. The van der Waals surface area contributed by atoms with Gasteiger partial charge >= 0.3 is 6.09 Å². The molecule has 3 aromatic rings. The first-order valence-electron chi connectivity index (χ1n) is 7.61. The minimum Gasteiger partial charge on any atom is -0.489 e. The summed E-state index contributed by atoms with van der Waals surface area (Å²) in [4.78, 5) is 10.5. The number of carboxylic acid groups (broad SMARTS) is 1. The SMILES string of the molecule is O=C(O)NCc1cc(-c2ccc(OCc3ccc(F)c(F)c3)cc2)no1. The Hall–Kier alpha value is -3.42. The van der Waals surface area contributed by atoms with E-state index in [-0.39, 0.29) is 13.2 Å². The molecule has 3 rings (SSSR count). The summed E-state index contributed by atoms with van der Waals surface area (Å²) in [5.41, 5.74) is 1.83. The summed E-state index contributed by atoms with van der Waals surface area (Å²) in [7, 11) is 0.